The molecule has 1 aromatic heterocycles. The lowest BCUT2D eigenvalue weighted by atomic mass is 10.1. The molecule has 2 N–H and O–H groups in total. The number of pyridine rings is 1. The van der Waals surface area contributed by atoms with E-state index in [0.29, 0.717) is 12.0 Å². The maximum Gasteiger partial charge on any atom is 0.490 e. The van der Waals surface area contributed by atoms with Crippen molar-refractivity contribution in [2.24, 2.45) is 5.92 Å². The minimum absolute atomic E-state index is 0.306. The second-order valence-electron chi connectivity index (χ2n) is 6.37. The van der Waals surface area contributed by atoms with Gasteiger partial charge in [-0.25, -0.2) is 4.79 Å². The minimum Gasteiger partial charge on any atom is -0.487 e. The lowest BCUT2D eigenvalue weighted by molar-refractivity contribution is -0.192. The van der Waals surface area contributed by atoms with Gasteiger partial charge >= 0.3 is 12.1 Å². The molecule has 26 heavy (non-hydrogen) atoms. The third-order valence-electron chi connectivity index (χ3n) is 4.34. The van der Waals surface area contributed by atoms with Crippen LogP contribution in [0.3, 0.4) is 0 Å². The average molecular weight is 376 g/mol. The highest BCUT2D eigenvalue weighted by Crippen LogP contribution is 2.49. The zero-order chi connectivity index (χ0) is 19.2. The van der Waals surface area contributed by atoms with Gasteiger partial charge in [-0.2, -0.15) is 13.2 Å². The number of nitrogens with one attached hydrogen (secondary N) is 1. The van der Waals surface area contributed by atoms with Gasteiger partial charge in [0.25, 0.3) is 0 Å². The van der Waals surface area contributed by atoms with Gasteiger partial charge < -0.3 is 19.9 Å². The van der Waals surface area contributed by atoms with Gasteiger partial charge in [-0.1, -0.05) is 0 Å². The maximum absolute atomic E-state index is 10.6. The molecule has 1 aliphatic heterocycles. The van der Waals surface area contributed by atoms with Crippen LogP contribution in [0.1, 0.15) is 30.7 Å². The summed E-state index contributed by atoms with van der Waals surface area (Å²) in [5.41, 5.74) is 1.32. The van der Waals surface area contributed by atoms with Gasteiger partial charge in [0.05, 0.1) is 6.20 Å². The Hall–Kier alpha value is -1.87. The molecule has 3 atom stereocenters. The smallest absolute Gasteiger partial charge is 0.487 e. The first kappa shape index (κ1) is 20.4. The van der Waals surface area contributed by atoms with Gasteiger partial charge in [0.15, 0.2) is 0 Å². The van der Waals surface area contributed by atoms with E-state index in [0.717, 1.165) is 44.2 Å². The number of carbonyl (C=O) groups is 1. The average Bonchev–Trinajstić information content (AvgIpc) is 3.19. The van der Waals surface area contributed by atoms with Crippen molar-refractivity contribution in [2.75, 3.05) is 26.8 Å². The molecule has 0 unspecified atom stereocenters. The van der Waals surface area contributed by atoms with E-state index in [1.807, 2.05) is 12.4 Å². The van der Waals surface area contributed by atoms with Gasteiger partial charge in [-0.15, -0.1) is 0 Å². The number of aliphatic carboxylic acids is 1. The SMILES string of the molecule is COCC[C@H]1C[C@@H]1c1cncc(O[C@@H]2CCNC2)c1.O=C(O)C(F)(F)F. The number of hydrogen-bond acceptors (Lipinski definition) is 5. The summed E-state index contributed by atoms with van der Waals surface area (Å²) in [7, 11) is 1.77. The number of halogens is 3. The quantitative estimate of drug-likeness (QED) is 0.794. The van der Waals surface area contributed by atoms with Crippen LogP contribution in [0, 0.1) is 5.92 Å². The summed E-state index contributed by atoms with van der Waals surface area (Å²) < 4.78 is 42.8. The Morgan fingerprint density at radius 3 is 2.73 bits per heavy atom. The molecule has 1 saturated heterocycles. The van der Waals surface area contributed by atoms with Crippen molar-refractivity contribution in [1.82, 2.24) is 10.3 Å². The molecule has 146 valence electrons. The van der Waals surface area contributed by atoms with Crippen molar-refractivity contribution in [3.8, 4) is 5.75 Å². The zero-order valence-electron chi connectivity index (χ0n) is 14.5. The largest absolute Gasteiger partial charge is 0.490 e. The predicted molar refractivity (Wildman–Crippen MR) is 87.2 cm³/mol. The molecule has 1 saturated carbocycles. The van der Waals surface area contributed by atoms with E-state index in [4.69, 9.17) is 19.4 Å². The number of carboxylic acids is 1. The molecular formula is C17H23F3N2O4. The Kier molecular flexibility index (Phi) is 7.22. The number of nitrogens with zero attached hydrogens (tertiary/aromatic N) is 1. The minimum atomic E-state index is -5.08. The second kappa shape index (κ2) is 9.18. The van der Waals surface area contributed by atoms with Crippen molar-refractivity contribution in [3.63, 3.8) is 0 Å². The number of ether oxygens (including phenoxy) is 2. The summed E-state index contributed by atoms with van der Waals surface area (Å²) in [6.45, 7) is 2.86. The monoisotopic (exact) mass is 376 g/mol. The van der Waals surface area contributed by atoms with E-state index in [1.54, 1.807) is 7.11 Å². The van der Waals surface area contributed by atoms with E-state index >= 15 is 0 Å². The lowest BCUT2D eigenvalue weighted by Gasteiger charge is -2.12. The number of alkyl halides is 3. The number of carboxylic acid groups (broad SMARTS) is 1. The number of methoxy groups -OCH3 is 1. The molecular weight excluding hydrogens is 353 g/mol. The van der Waals surface area contributed by atoms with Crippen LogP contribution < -0.4 is 10.1 Å². The fraction of sp³-hybridized carbons (Fsp3) is 0.647. The molecule has 2 heterocycles. The molecule has 3 rings (SSSR count). The Labute approximate surface area is 149 Å². The Morgan fingerprint density at radius 2 is 2.15 bits per heavy atom. The fourth-order valence-corrected chi connectivity index (χ4v) is 2.87. The molecule has 0 amide bonds. The first-order valence-corrected chi connectivity index (χ1v) is 8.42. The van der Waals surface area contributed by atoms with E-state index < -0.39 is 12.1 Å². The summed E-state index contributed by atoms with van der Waals surface area (Å²) in [4.78, 5) is 13.2. The Morgan fingerprint density at radius 1 is 1.42 bits per heavy atom. The van der Waals surface area contributed by atoms with Crippen LogP contribution in [0.25, 0.3) is 0 Å². The highest BCUT2D eigenvalue weighted by atomic mass is 19.4. The first-order valence-electron chi connectivity index (χ1n) is 8.42. The highest BCUT2D eigenvalue weighted by Gasteiger charge is 2.38. The topological polar surface area (TPSA) is 80.7 Å². The predicted octanol–water partition coefficient (Wildman–Crippen LogP) is 2.60. The Bertz CT molecular complexity index is 592. The van der Waals surface area contributed by atoms with Crippen LogP contribution in [-0.2, 0) is 9.53 Å². The highest BCUT2D eigenvalue weighted by molar-refractivity contribution is 5.73. The fourth-order valence-electron chi connectivity index (χ4n) is 2.87. The van der Waals surface area contributed by atoms with Gasteiger partial charge in [0.2, 0.25) is 0 Å². The van der Waals surface area contributed by atoms with Crippen molar-refractivity contribution in [2.45, 2.75) is 37.5 Å². The lowest BCUT2D eigenvalue weighted by Crippen LogP contribution is -2.21. The van der Waals surface area contributed by atoms with Crippen LogP contribution >= 0.6 is 0 Å². The standard InChI is InChI=1S/C15H22N2O2.C2HF3O2/c1-18-5-3-11-7-15(11)12-6-14(10-17-8-12)19-13-2-4-16-9-13;3-2(4,5)1(6)7/h6,8,10-11,13,15-16H,2-5,7,9H2,1H3;(H,6,7)/t11-,13+,15-;/m0./s1. The Balaban J connectivity index is 0.000000298. The van der Waals surface area contributed by atoms with Crippen LogP contribution in [0.15, 0.2) is 18.5 Å². The van der Waals surface area contributed by atoms with E-state index in [-0.39, 0.29) is 0 Å². The van der Waals surface area contributed by atoms with E-state index in [9.17, 15) is 13.2 Å². The summed E-state index contributed by atoms with van der Waals surface area (Å²) in [6.07, 6.45) is 2.54. The third kappa shape index (κ3) is 6.45. The second-order valence-corrected chi connectivity index (χ2v) is 6.37. The van der Waals surface area contributed by atoms with Gasteiger partial charge in [-0.05, 0) is 49.3 Å². The van der Waals surface area contributed by atoms with Gasteiger partial charge in [0, 0.05) is 26.5 Å². The molecule has 1 aliphatic carbocycles. The van der Waals surface area contributed by atoms with Crippen molar-refractivity contribution >= 4 is 5.97 Å². The summed E-state index contributed by atoms with van der Waals surface area (Å²) in [6, 6.07) is 2.17. The number of rotatable bonds is 6. The molecule has 1 aromatic rings. The molecule has 0 radical (unpaired) electrons. The molecule has 2 aliphatic rings. The van der Waals surface area contributed by atoms with Crippen LogP contribution in [-0.4, -0.2) is 55.1 Å². The maximum atomic E-state index is 10.6. The van der Waals surface area contributed by atoms with Crippen molar-refractivity contribution < 1.29 is 32.5 Å². The summed E-state index contributed by atoms with van der Waals surface area (Å²) >= 11 is 0. The molecule has 2 fully saturated rings. The zero-order valence-corrected chi connectivity index (χ0v) is 14.5. The third-order valence-corrected chi connectivity index (χ3v) is 4.34. The van der Waals surface area contributed by atoms with Crippen molar-refractivity contribution in [1.29, 1.82) is 0 Å². The van der Waals surface area contributed by atoms with Gasteiger partial charge in [-0.3, -0.25) is 4.98 Å². The summed E-state index contributed by atoms with van der Waals surface area (Å²) in [5, 5.41) is 10.4. The molecule has 6 nitrogen and oxygen atoms in total. The molecule has 9 heteroatoms. The van der Waals surface area contributed by atoms with Gasteiger partial charge in [0.1, 0.15) is 11.9 Å². The molecule has 0 aromatic carbocycles. The summed E-state index contributed by atoms with van der Waals surface area (Å²) in [5.74, 6) is -0.408. The van der Waals surface area contributed by atoms with Crippen molar-refractivity contribution in [3.05, 3.63) is 24.0 Å². The first-order chi connectivity index (χ1) is 12.3. The normalized spacial score (nSPS) is 24.5. The van der Waals surface area contributed by atoms with Crippen LogP contribution in [0.5, 0.6) is 5.75 Å². The van der Waals surface area contributed by atoms with Crippen LogP contribution in [0.4, 0.5) is 13.2 Å². The van der Waals surface area contributed by atoms with E-state index in [1.165, 1.54) is 12.0 Å². The molecule has 0 spiro atoms. The number of hydrogen-bond donors (Lipinski definition) is 2. The number of aromatic nitrogens is 1. The van der Waals surface area contributed by atoms with E-state index in [2.05, 4.69) is 16.4 Å². The molecule has 0 bridgehead atoms. The van der Waals surface area contributed by atoms with Crippen LogP contribution in [0.2, 0.25) is 0 Å².